The first-order chi connectivity index (χ1) is 11.2. The molecule has 4 rings (SSSR count). The summed E-state index contributed by atoms with van der Waals surface area (Å²) in [6.45, 7) is 2.06. The zero-order valence-corrected chi connectivity index (χ0v) is 13.6. The highest BCUT2D eigenvalue weighted by atomic mass is 32.1. The first-order valence-corrected chi connectivity index (χ1v) is 8.47. The molecule has 1 aromatic carbocycles. The lowest BCUT2D eigenvalue weighted by Gasteiger charge is -2.31. The zero-order chi connectivity index (χ0) is 15.9. The van der Waals surface area contributed by atoms with Crippen molar-refractivity contribution in [1.29, 1.82) is 0 Å². The average Bonchev–Trinajstić information content (AvgIpc) is 3.26. The van der Waals surface area contributed by atoms with Gasteiger partial charge < -0.3 is 14.8 Å². The van der Waals surface area contributed by atoms with E-state index in [-0.39, 0.29) is 18.2 Å². The SMILES string of the molecule is Cc1nnsc1C(=O)NC1(c2ccc3c(c2)OCO3)CCCC1. The molecule has 1 aliphatic carbocycles. The molecule has 6 nitrogen and oxygen atoms in total. The predicted molar refractivity (Wildman–Crippen MR) is 84.8 cm³/mol. The van der Waals surface area contributed by atoms with E-state index in [1.54, 1.807) is 6.92 Å². The molecule has 0 bridgehead atoms. The highest BCUT2D eigenvalue weighted by Crippen LogP contribution is 2.43. The standard InChI is InChI=1S/C16H17N3O3S/c1-10-14(23-19-18-10)15(20)17-16(6-2-3-7-16)11-4-5-12-13(8-11)22-9-21-12/h4-5,8H,2-3,6-7,9H2,1H3,(H,17,20). The van der Waals surface area contributed by atoms with Gasteiger partial charge in [-0.2, -0.15) is 0 Å². The number of hydrogen-bond donors (Lipinski definition) is 1. The van der Waals surface area contributed by atoms with Crippen LogP contribution in [-0.2, 0) is 5.54 Å². The van der Waals surface area contributed by atoms with E-state index in [4.69, 9.17) is 9.47 Å². The maximum absolute atomic E-state index is 12.7. The Bertz CT molecular complexity index is 753. The lowest BCUT2D eigenvalue weighted by atomic mass is 9.87. The third-order valence-corrected chi connectivity index (χ3v) is 5.42. The van der Waals surface area contributed by atoms with Crippen molar-refractivity contribution in [2.45, 2.75) is 38.1 Å². The van der Waals surface area contributed by atoms with Crippen LogP contribution in [0.5, 0.6) is 11.5 Å². The van der Waals surface area contributed by atoms with Crippen LogP contribution in [0.1, 0.15) is 46.6 Å². The van der Waals surface area contributed by atoms with Crippen molar-refractivity contribution in [1.82, 2.24) is 14.9 Å². The van der Waals surface area contributed by atoms with Crippen LogP contribution in [0.4, 0.5) is 0 Å². The smallest absolute Gasteiger partial charge is 0.265 e. The number of carbonyl (C=O) groups excluding carboxylic acids is 1. The van der Waals surface area contributed by atoms with Crippen LogP contribution in [0, 0.1) is 6.92 Å². The summed E-state index contributed by atoms with van der Waals surface area (Å²) in [7, 11) is 0. The first kappa shape index (κ1) is 14.4. The molecule has 1 N–H and O–H groups in total. The minimum atomic E-state index is -0.353. The molecule has 7 heteroatoms. The molecule has 2 heterocycles. The Labute approximate surface area is 138 Å². The molecule has 1 aliphatic heterocycles. The van der Waals surface area contributed by atoms with E-state index in [9.17, 15) is 4.79 Å². The van der Waals surface area contributed by atoms with Gasteiger partial charge in [-0.25, -0.2) is 0 Å². The van der Waals surface area contributed by atoms with Gasteiger partial charge in [-0.05, 0) is 49.0 Å². The maximum atomic E-state index is 12.7. The largest absolute Gasteiger partial charge is 0.454 e. The number of rotatable bonds is 3. The lowest BCUT2D eigenvalue weighted by molar-refractivity contribution is 0.0901. The number of aryl methyl sites for hydroxylation is 1. The summed E-state index contributed by atoms with van der Waals surface area (Å²) >= 11 is 1.14. The Hall–Kier alpha value is -2.15. The molecule has 1 aromatic heterocycles. The van der Waals surface area contributed by atoms with Gasteiger partial charge in [-0.15, -0.1) is 5.10 Å². The number of benzene rings is 1. The van der Waals surface area contributed by atoms with Crippen LogP contribution in [0.3, 0.4) is 0 Å². The van der Waals surface area contributed by atoms with Gasteiger partial charge in [-0.1, -0.05) is 23.4 Å². The fraction of sp³-hybridized carbons (Fsp3) is 0.438. The van der Waals surface area contributed by atoms with Gasteiger partial charge in [0.2, 0.25) is 6.79 Å². The summed E-state index contributed by atoms with van der Waals surface area (Å²) in [6.07, 6.45) is 4.02. The topological polar surface area (TPSA) is 73.3 Å². The maximum Gasteiger partial charge on any atom is 0.265 e. The van der Waals surface area contributed by atoms with Gasteiger partial charge in [-0.3, -0.25) is 4.79 Å². The van der Waals surface area contributed by atoms with E-state index in [0.29, 0.717) is 10.6 Å². The minimum Gasteiger partial charge on any atom is -0.454 e. The fourth-order valence-corrected chi connectivity index (χ4v) is 3.92. The van der Waals surface area contributed by atoms with Crippen LogP contribution in [-0.4, -0.2) is 22.3 Å². The molecule has 0 atom stereocenters. The number of nitrogens with zero attached hydrogens (tertiary/aromatic N) is 2. The van der Waals surface area contributed by atoms with E-state index in [0.717, 1.165) is 54.3 Å². The summed E-state index contributed by atoms with van der Waals surface area (Å²) in [6, 6.07) is 5.94. The molecular weight excluding hydrogens is 314 g/mol. The number of aromatic nitrogens is 2. The van der Waals surface area contributed by atoms with Gasteiger partial charge in [0.15, 0.2) is 11.5 Å². The summed E-state index contributed by atoms with van der Waals surface area (Å²) in [4.78, 5) is 13.2. The number of hydrogen-bond acceptors (Lipinski definition) is 6. The molecule has 120 valence electrons. The van der Waals surface area contributed by atoms with E-state index >= 15 is 0 Å². The molecule has 0 radical (unpaired) electrons. The summed E-state index contributed by atoms with van der Waals surface area (Å²) in [5.41, 5.74) is 1.39. The van der Waals surface area contributed by atoms with Crippen molar-refractivity contribution >= 4 is 17.4 Å². The van der Waals surface area contributed by atoms with Crippen molar-refractivity contribution < 1.29 is 14.3 Å². The molecule has 23 heavy (non-hydrogen) atoms. The molecule has 0 saturated heterocycles. The van der Waals surface area contributed by atoms with Crippen molar-refractivity contribution in [3.8, 4) is 11.5 Å². The molecule has 2 aliphatic rings. The summed E-state index contributed by atoms with van der Waals surface area (Å²) in [5, 5.41) is 7.16. The van der Waals surface area contributed by atoms with E-state index in [1.807, 2.05) is 18.2 Å². The zero-order valence-electron chi connectivity index (χ0n) is 12.8. The normalized spacial score (nSPS) is 18.1. The van der Waals surface area contributed by atoms with Crippen LogP contribution in [0.15, 0.2) is 18.2 Å². The Kier molecular flexibility index (Phi) is 3.45. The van der Waals surface area contributed by atoms with Crippen molar-refractivity contribution in [3.63, 3.8) is 0 Å². The van der Waals surface area contributed by atoms with Crippen LogP contribution < -0.4 is 14.8 Å². The molecule has 0 unspecified atom stereocenters. The molecular formula is C16H17N3O3S. The van der Waals surface area contributed by atoms with Gasteiger partial charge in [0.1, 0.15) is 4.88 Å². The van der Waals surface area contributed by atoms with Crippen LogP contribution >= 0.6 is 11.5 Å². The Morgan fingerprint density at radius 1 is 1.26 bits per heavy atom. The average molecular weight is 331 g/mol. The Morgan fingerprint density at radius 2 is 2.04 bits per heavy atom. The highest BCUT2D eigenvalue weighted by Gasteiger charge is 2.38. The lowest BCUT2D eigenvalue weighted by Crippen LogP contribution is -2.43. The second-order valence-electron chi connectivity index (χ2n) is 6.00. The van der Waals surface area contributed by atoms with Gasteiger partial charge in [0.05, 0.1) is 11.2 Å². The summed E-state index contributed by atoms with van der Waals surface area (Å²) < 4.78 is 14.7. The predicted octanol–water partition coefficient (Wildman–Crippen LogP) is 2.77. The van der Waals surface area contributed by atoms with E-state index in [1.165, 1.54) is 0 Å². The quantitative estimate of drug-likeness (QED) is 0.936. The molecule has 1 amide bonds. The number of fused-ring (bicyclic) bond motifs is 1. The van der Waals surface area contributed by atoms with Gasteiger partial charge in [0, 0.05) is 0 Å². The van der Waals surface area contributed by atoms with E-state index in [2.05, 4.69) is 14.9 Å². The minimum absolute atomic E-state index is 0.0999. The van der Waals surface area contributed by atoms with Crippen molar-refractivity contribution in [2.24, 2.45) is 0 Å². The Balaban J connectivity index is 1.67. The van der Waals surface area contributed by atoms with Gasteiger partial charge >= 0.3 is 0 Å². The molecule has 0 spiro atoms. The third-order valence-electron chi connectivity index (χ3n) is 4.59. The second kappa shape index (κ2) is 5.49. The number of carbonyl (C=O) groups is 1. The molecule has 1 fully saturated rings. The third kappa shape index (κ3) is 2.45. The number of amides is 1. The first-order valence-electron chi connectivity index (χ1n) is 7.70. The fourth-order valence-electron chi connectivity index (χ4n) is 3.37. The van der Waals surface area contributed by atoms with Crippen LogP contribution in [0.25, 0.3) is 0 Å². The van der Waals surface area contributed by atoms with Crippen LogP contribution in [0.2, 0.25) is 0 Å². The van der Waals surface area contributed by atoms with Gasteiger partial charge in [0.25, 0.3) is 5.91 Å². The monoisotopic (exact) mass is 331 g/mol. The highest BCUT2D eigenvalue weighted by molar-refractivity contribution is 7.08. The Morgan fingerprint density at radius 3 is 2.78 bits per heavy atom. The van der Waals surface area contributed by atoms with Crippen molar-refractivity contribution in [2.75, 3.05) is 6.79 Å². The van der Waals surface area contributed by atoms with Crippen molar-refractivity contribution in [3.05, 3.63) is 34.3 Å². The number of nitrogens with one attached hydrogen (secondary N) is 1. The second-order valence-corrected chi connectivity index (χ2v) is 6.75. The summed E-state index contributed by atoms with van der Waals surface area (Å²) in [5.74, 6) is 1.41. The number of ether oxygens (including phenoxy) is 2. The molecule has 1 saturated carbocycles. The van der Waals surface area contributed by atoms with E-state index < -0.39 is 0 Å². The molecule has 2 aromatic rings.